The highest BCUT2D eigenvalue weighted by Crippen LogP contribution is 2.38. The van der Waals surface area contributed by atoms with Crippen molar-refractivity contribution in [3.05, 3.63) is 28.2 Å². The molecule has 1 aliphatic rings. The Bertz CT molecular complexity index is 377. The van der Waals surface area contributed by atoms with Gasteiger partial charge in [0.2, 0.25) is 0 Å². The van der Waals surface area contributed by atoms with Gasteiger partial charge in [-0.1, -0.05) is 15.9 Å². The molecule has 1 N–H and O–H groups in total. The van der Waals surface area contributed by atoms with E-state index in [0.29, 0.717) is 0 Å². The van der Waals surface area contributed by atoms with E-state index in [0.717, 1.165) is 30.0 Å². The largest absolute Gasteiger partial charge is 0.496 e. The molecule has 0 aromatic heterocycles. The van der Waals surface area contributed by atoms with E-state index in [1.54, 1.807) is 7.11 Å². The smallest absolute Gasteiger partial charge is 0.122 e. The molecule has 1 heterocycles. The van der Waals surface area contributed by atoms with Gasteiger partial charge in [-0.2, -0.15) is 0 Å². The van der Waals surface area contributed by atoms with E-state index in [1.807, 2.05) is 19.2 Å². The molecule has 4 heteroatoms. The van der Waals surface area contributed by atoms with Crippen LogP contribution in [0.1, 0.15) is 5.56 Å². The first-order chi connectivity index (χ1) is 7.72. The third-order valence-electron chi connectivity index (χ3n) is 3.00. The van der Waals surface area contributed by atoms with Gasteiger partial charge >= 0.3 is 0 Å². The Hall–Kier alpha value is -0.580. The van der Waals surface area contributed by atoms with Crippen molar-refractivity contribution in [3.63, 3.8) is 0 Å². The molecular weight excluding hydrogens is 270 g/mol. The van der Waals surface area contributed by atoms with Gasteiger partial charge in [-0.3, -0.25) is 0 Å². The first-order valence-electron chi connectivity index (χ1n) is 5.28. The van der Waals surface area contributed by atoms with Gasteiger partial charge in [0, 0.05) is 16.6 Å². The molecule has 3 nitrogen and oxygen atoms in total. The molecule has 0 unspecified atom stereocenters. The molecule has 1 aromatic rings. The molecule has 1 fully saturated rings. The molecule has 1 saturated heterocycles. The van der Waals surface area contributed by atoms with Gasteiger partial charge in [-0.15, -0.1) is 0 Å². The predicted molar refractivity (Wildman–Crippen MR) is 67.1 cm³/mol. The van der Waals surface area contributed by atoms with Gasteiger partial charge in [-0.25, -0.2) is 0 Å². The summed E-state index contributed by atoms with van der Waals surface area (Å²) in [6.07, 6.45) is 0. The molecule has 0 radical (unpaired) electrons. The van der Waals surface area contributed by atoms with Crippen molar-refractivity contribution in [2.75, 3.05) is 33.9 Å². The van der Waals surface area contributed by atoms with Crippen molar-refractivity contribution in [2.24, 2.45) is 0 Å². The van der Waals surface area contributed by atoms with Gasteiger partial charge in [0.25, 0.3) is 0 Å². The number of methoxy groups -OCH3 is 1. The molecule has 0 spiro atoms. The van der Waals surface area contributed by atoms with Gasteiger partial charge in [-0.05, 0) is 25.2 Å². The summed E-state index contributed by atoms with van der Waals surface area (Å²) in [5.74, 6) is 0.932. The molecule has 88 valence electrons. The van der Waals surface area contributed by atoms with Crippen molar-refractivity contribution >= 4 is 15.9 Å². The van der Waals surface area contributed by atoms with E-state index in [-0.39, 0.29) is 5.41 Å². The molecular formula is C12H16BrNO2. The van der Waals surface area contributed by atoms with Crippen molar-refractivity contribution in [2.45, 2.75) is 5.41 Å². The second-order valence-electron chi connectivity index (χ2n) is 4.15. The number of rotatable bonds is 4. The number of nitrogens with one attached hydrogen (secondary N) is 1. The van der Waals surface area contributed by atoms with Gasteiger partial charge in [0.15, 0.2) is 0 Å². The van der Waals surface area contributed by atoms with Crippen molar-refractivity contribution in [3.8, 4) is 5.75 Å². The van der Waals surface area contributed by atoms with Crippen molar-refractivity contribution in [1.29, 1.82) is 0 Å². The van der Waals surface area contributed by atoms with Crippen LogP contribution < -0.4 is 10.1 Å². The standard InChI is InChI=1S/C12H16BrNO2/c1-14-6-12(7-16-8-12)10-5-9(13)3-4-11(10)15-2/h3-5,14H,6-8H2,1-2H3. The lowest BCUT2D eigenvalue weighted by Gasteiger charge is -2.42. The maximum absolute atomic E-state index is 5.42. The van der Waals surface area contributed by atoms with Crippen LogP contribution in [-0.4, -0.2) is 33.9 Å². The Balaban J connectivity index is 2.40. The SMILES string of the molecule is CNCC1(c2cc(Br)ccc2OC)COC1. The summed E-state index contributed by atoms with van der Waals surface area (Å²) < 4.78 is 11.9. The average Bonchev–Trinajstić information content (AvgIpc) is 2.23. The number of hydrogen-bond donors (Lipinski definition) is 1. The Morgan fingerprint density at radius 2 is 2.25 bits per heavy atom. The van der Waals surface area contributed by atoms with Crippen LogP contribution in [0.25, 0.3) is 0 Å². The molecule has 0 atom stereocenters. The number of halogens is 1. The highest BCUT2D eigenvalue weighted by Gasteiger charge is 2.41. The third kappa shape index (κ3) is 1.97. The van der Waals surface area contributed by atoms with E-state index < -0.39 is 0 Å². The summed E-state index contributed by atoms with van der Waals surface area (Å²) in [7, 11) is 3.67. The molecule has 2 rings (SSSR count). The number of ether oxygens (including phenoxy) is 2. The van der Waals surface area contributed by atoms with Crippen LogP contribution in [-0.2, 0) is 10.2 Å². The van der Waals surface area contributed by atoms with Crippen LogP contribution in [0, 0.1) is 0 Å². The summed E-state index contributed by atoms with van der Waals surface area (Å²) in [5.41, 5.74) is 1.27. The van der Waals surface area contributed by atoms with Crippen LogP contribution in [0.3, 0.4) is 0 Å². The lowest BCUT2D eigenvalue weighted by Crippen LogP contribution is -2.53. The van der Waals surface area contributed by atoms with E-state index in [9.17, 15) is 0 Å². The summed E-state index contributed by atoms with van der Waals surface area (Å²) >= 11 is 3.51. The Morgan fingerprint density at radius 1 is 1.50 bits per heavy atom. The van der Waals surface area contributed by atoms with Crippen LogP contribution >= 0.6 is 15.9 Å². The highest BCUT2D eigenvalue weighted by molar-refractivity contribution is 9.10. The minimum atomic E-state index is 0.0594. The molecule has 0 bridgehead atoms. The molecule has 0 amide bonds. The number of hydrogen-bond acceptors (Lipinski definition) is 3. The molecule has 1 aliphatic heterocycles. The van der Waals surface area contributed by atoms with Gasteiger partial charge in [0.1, 0.15) is 5.75 Å². The topological polar surface area (TPSA) is 30.5 Å². The quantitative estimate of drug-likeness (QED) is 0.917. The number of benzene rings is 1. The fourth-order valence-electron chi connectivity index (χ4n) is 2.13. The zero-order valence-corrected chi connectivity index (χ0v) is 11.1. The van der Waals surface area contributed by atoms with Crippen molar-refractivity contribution in [1.82, 2.24) is 5.32 Å². The Labute approximate surface area is 104 Å². The average molecular weight is 286 g/mol. The molecule has 1 aromatic carbocycles. The summed E-state index contributed by atoms with van der Waals surface area (Å²) in [4.78, 5) is 0. The first kappa shape index (κ1) is 11.9. The van der Waals surface area contributed by atoms with Crippen LogP contribution in [0.4, 0.5) is 0 Å². The summed E-state index contributed by atoms with van der Waals surface area (Å²) in [6.45, 7) is 2.40. The monoisotopic (exact) mass is 285 g/mol. The molecule has 0 aliphatic carbocycles. The maximum Gasteiger partial charge on any atom is 0.122 e. The zero-order chi connectivity index (χ0) is 11.6. The van der Waals surface area contributed by atoms with Gasteiger partial charge < -0.3 is 14.8 Å². The summed E-state index contributed by atoms with van der Waals surface area (Å²) in [6, 6.07) is 6.11. The van der Waals surface area contributed by atoms with E-state index in [1.165, 1.54) is 5.56 Å². The fourth-order valence-corrected chi connectivity index (χ4v) is 2.50. The van der Waals surface area contributed by atoms with E-state index in [2.05, 4.69) is 27.3 Å². The Morgan fingerprint density at radius 3 is 2.75 bits per heavy atom. The van der Waals surface area contributed by atoms with Crippen LogP contribution in [0.2, 0.25) is 0 Å². The zero-order valence-electron chi connectivity index (χ0n) is 9.55. The molecule has 16 heavy (non-hydrogen) atoms. The second-order valence-corrected chi connectivity index (χ2v) is 5.06. The van der Waals surface area contributed by atoms with Gasteiger partial charge in [0.05, 0.1) is 25.7 Å². The lowest BCUT2D eigenvalue weighted by molar-refractivity contribution is -0.0591. The number of likely N-dealkylation sites (N-methyl/N-ethyl adjacent to an activating group) is 1. The van der Waals surface area contributed by atoms with Crippen LogP contribution in [0.15, 0.2) is 22.7 Å². The summed E-state index contributed by atoms with van der Waals surface area (Å²) in [5, 5.41) is 3.23. The molecule has 0 saturated carbocycles. The fraction of sp³-hybridized carbons (Fsp3) is 0.500. The van der Waals surface area contributed by atoms with E-state index in [4.69, 9.17) is 9.47 Å². The minimum Gasteiger partial charge on any atom is -0.496 e. The Kier molecular flexibility index (Phi) is 3.52. The highest BCUT2D eigenvalue weighted by atomic mass is 79.9. The normalized spacial score (nSPS) is 17.9. The lowest BCUT2D eigenvalue weighted by atomic mass is 9.78. The predicted octanol–water partition coefficient (Wildman–Crippen LogP) is 1.95. The van der Waals surface area contributed by atoms with E-state index >= 15 is 0 Å². The first-order valence-corrected chi connectivity index (χ1v) is 6.07. The third-order valence-corrected chi connectivity index (χ3v) is 3.50. The maximum atomic E-state index is 5.42. The second kappa shape index (κ2) is 4.73. The van der Waals surface area contributed by atoms with Crippen LogP contribution in [0.5, 0.6) is 5.75 Å². The minimum absolute atomic E-state index is 0.0594. The van der Waals surface area contributed by atoms with Crippen molar-refractivity contribution < 1.29 is 9.47 Å².